The van der Waals surface area contributed by atoms with Crippen LogP contribution in [0.4, 0.5) is 0 Å². The van der Waals surface area contributed by atoms with Crippen molar-refractivity contribution >= 4 is 11.8 Å². The number of hydrogen-bond donors (Lipinski definition) is 2. The summed E-state index contributed by atoms with van der Waals surface area (Å²) in [4.78, 5) is 10.7. The summed E-state index contributed by atoms with van der Waals surface area (Å²) in [6, 6.07) is 6.75. The van der Waals surface area contributed by atoms with Crippen LogP contribution >= 0.6 is 0 Å². The molecule has 0 amide bonds. The molecule has 1 aliphatic rings. The number of carboxylic acids is 1. The minimum atomic E-state index is -0.929. The average Bonchev–Trinajstić information content (AvgIpc) is 2.87. The van der Waals surface area contributed by atoms with Crippen LogP contribution in [-0.2, 0) is 0 Å². The summed E-state index contributed by atoms with van der Waals surface area (Å²) in [6.45, 7) is 0. The molecular formula is C8H6N2O2. The van der Waals surface area contributed by atoms with Gasteiger partial charge in [0, 0.05) is 5.56 Å². The number of carboxylic acid groups (broad SMARTS) is 1. The van der Waals surface area contributed by atoms with Gasteiger partial charge in [0.25, 0.3) is 0 Å². The highest BCUT2D eigenvalue weighted by molar-refractivity contribution is 6.11. The van der Waals surface area contributed by atoms with Gasteiger partial charge in [-0.1, -0.05) is 18.2 Å². The van der Waals surface area contributed by atoms with Crippen molar-refractivity contribution in [3.8, 4) is 0 Å². The summed E-state index contributed by atoms with van der Waals surface area (Å²) in [5, 5.41) is 12.5. The van der Waals surface area contributed by atoms with Crippen LogP contribution in [-0.4, -0.2) is 16.9 Å². The Kier molecular flexibility index (Phi) is 1.33. The van der Waals surface area contributed by atoms with Crippen LogP contribution in [0.15, 0.2) is 29.4 Å². The molecule has 2 N–H and O–H groups in total. The van der Waals surface area contributed by atoms with Gasteiger partial charge in [0.1, 0.15) is 0 Å². The third-order valence-electron chi connectivity index (χ3n) is 1.64. The maximum absolute atomic E-state index is 10.7. The molecule has 60 valence electrons. The maximum atomic E-state index is 10.7. The van der Waals surface area contributed by atoms with E-state index in [1.165, 1.54) is 0 Å². The molecular weight excluding hydrogens is 156 g/mol. The lowest BCUT2D eigenvalue weighted by molar-refractivity contribution is 0.0696. The van der Waals surface area contributed by atoms with Crippen molar-refractivity contribution in [3.63, 3.8) is 0 Å². The Balaban J connectivity index is 2.51. The Morgan fingerprint density at radius 2 is 2.08 bits per heavy atom. The molecule has 1 heterocycles. The van der Waals surface area contributed by atoms with E-state index in [1.54, 1.807) is 24.3 Å². The fourth-order valence-corrected chi connectivity index (χ4v) is 1.02. The quantitative estimate of drug-likeness (QED) is 0.670. The highest BCUT2D eigenvalue weighted by Crippen LogP contribution is 2.12. The normalized spacial score (nSPS) is 13.2. The minimum absolute atomic E-state index is 0.279. The van der Waals surface area contributed by atoms with E-state index in [1.807, 2.05) is 0 Å². The molecule has 2 rings (SSSR count). The third-order valence-corrected chi connectivity index (χ3v) is 1.64. The zero-order valence-electron chi connectivity index (χ0n) is 6.11. The van der Waals surface area contributed by atoms with Gasteiger partial charge in [0.05, 0.1) is 5.56 Å². The van der Waals surface area contributed by atoms with Gasteiger partial charge >= 0.3 is 5.97 Å². The van der Waals surface area contributed by atoms with E-state index in [9.17, 15) is 4.79 Å². The predicted molar refractivity (Wildman–Crippen MR) is 43.1 cm³/mol. The van der Waals surface area contributed by atoms with Crippen LogP contribution in [0.5, 0.6) is 0 Å². The van der Waals surface area contributed by atoms with E-state index in [4.69, 9.17) is 5.11 Å². The number of carbonyl (C=O) groups is 1. The third kappa shape index (κ3) is 1.03. The van der Waals surface area contributed by atoms with Gasteiger partial charge in [-0.15, -0.1) is 0 Å². The van der Waals surface area contributed by atoms with Crippen molar-refractivity contribution in [2.45, 2.75) is 0 Å². The number of nitrogens with one attached hydrogen (secondary N) is 1. The summed E-state index contributed by atoms with van der Waals surface area (Å²) in [6.07, 6.45) is 0. The molecule has 0 atom stereocenters. The lowest BCUT2D eigenvalue weighted by Crippen LogP contribution is -2.06. The zero-order valence-corrected chi connectivity index (χ0v) is 6.11. The van der Waals surface area contributed by atoms with E-state index in [-0.39, 0.29) is 5.56 Å². The van der Waals surface area contributed by atoms with Crippen LogP contribution in [0.1, 0.15) is 15.9 Å². The highest BCUT2D eigenvalue weighted by atomic mass is 16.4. The van der Waals surface area contributed by atoms with Gasteiger partial charge in [-0.25, -0.2) is 4.79 Å². The van der Waals surface area contributed by atoms with Crippen LogP contribution < -0.4 is 5.43 Å². The van der Waals surface area contributed by atoms with Gasteiger partial charge in [0.2, 0.25) is 0 Å². The average molecular weight is 162 g/mol. The Morgan fingerprint density at radius 3 is 2.67 bits per heavy atom. The number of hydrogen-bond acceptors (Lipinski definition) is 3. The molecule has 0 saturated heterocycles. The van der Waals surface area contributed by atoms with E-state index in [2.05, 4.69) is 10.5 Å². The smallest absolute Gasteiger partial charge is 0.336 e. The second kappa shape index (κ2) is 2.34. The topological polar surface area (TPSA) is 71.6 Å². The summed E-state index contributed by atoms with van der Waals surface area (Å²) in [5.41, 5.74) is 3.55. The molecule has 0 bridgehead atoms. The number of nitrogens with zero attached hydrogens (tertiary/aromatic N) is 1. The first-order valence-corrected chi connectivity index (χ1v) is 3.45. The summed E-state index contributed by atoms with van der Waals surface area (Å²) < 4.78 is 0. The van der Waals surface area contributed by atoms with E-state index < -0.39 is 5.97 Å². The van der Waals surface area contributed by atoms with Crippen molar-refractivity contribution in [1.29, 1.82) is 0 Å². The van der Waals surface area contributed by atoms with E-state index in [0.29, 0.717) is 11.4 Å². The van der Waals surface area contributed by atoms with Gasteiger partial charge < -0.3 is 5.11 Å². The van der Waals surface area contributed by atoms with Crippen molar-refractivity contribution in [2.75, 3.05) is 0 Å². The Hall–Kier alpha value is -1.84. The zero-order chi connectivity index (χ0) is 8.55. The molecule has 1 aliphatic heterocycles. The van der Waals surface area contributed by atoms with Gasteiger partial charge in [-0.05, 0) is 6.07 Å². The summed E-state index contributed by atoms with van der Waals surface area (Å²) in [5.74, 6) is -0.282. The maximum Gasteiger partial charge on any atom is 0.336 e. The molecule has 0 saturated carbocycles. The second-order valence-electron chi connectivity index (χ2n) is 2.42. The van der Waals surface area contributed by atoms with Gasteiger partial charge in [-0.3, -0.25) is 5.43 Å². The largest absolute Gasteiger partial charge is 0.478 e. The lowest BCUT2D eigenvalue weighted by atomic mass is 10.1. The van der Waals surface area contributed by atoms with Crippen LogP contribution in [0, 0.1) is 0 Å². The Bertz CT molecular complexity index is 350. The number of amidine groups is 1. The molecule has 1 aromatic rings. The monoisotopic (exact) mass is 162 g/mol. The van der Waals surface area contributed by atoms with Gasteiger partial charge in [-0.2, -0.15) is 5.10 Å². The highest BCUT2D eigenvalue weighted by Gasteiger charge is 2.19. The van der Waals surface area contributed by atoms with Crippen molar-refractivity contribution in [2.24, 2.45) is 5.10 Å². The summed E-state index contributed by atoms with van der Waals surface area (Å²) >= 11 is 0. The number of hydrazone groups is 1. The van der Waals surface area contributed by atoms with Crippen LogP contribution in [0.2, 0.25) is 0 Å². The Morgan fingerprint density at radius 1 is 1.42 bits per heavy atom. The standard InChI is InChI=1S/C8H6N2O2/c11-8(12)6-4-2-1-3-5(6)7-9-10-7/h1-4H,(H,9,10)(H,11,12). The molecule has 0 spiro atoms. The summed E-state index contributed by atoms with van der Waals surface area (Å²) in [7, 11) is 0. The molecule has 0 radical (unpaired) electrons. The first-order valence-electron chi connectivity index (χ1n) is 3.45. The Labute approximate surface area is 68.5 Å². The number of aromatic carboxylic acids is 1. The lowest BCUT2D eigenvalue weighted by Gasteiger charge is -1.97. The molecule has 12 heavy (non-hydrogen) atoms. The molecule has 0 aliphatic carbocycles. The molecule has 4 heteroatoms. The molecule has 0 fully saturated rings. The predicted octanol–water partition coefficient (Wildman–Crippen LogP) is 0.650. The fraction of sp³-hybridized carbons (Fsp3) is 0. The molecule has 0 unspecified atom stereocenters. The minimum Gasteiger partial charge on any atom is -0.478 e. The van der Waals surface area contributed by atoms with Crippen LogP contribution in [0.25, 0.3) is 0 Å². The van der Waals surface area contributed by atoms with Gasteiger partial charge in [0.15, 0.2) is 5.84 Å². The first kappa shape index (κ1) is 6.84. The fourth-order valence-electron chi connectivity index (χ4n) is 1.02. The molecule has 1 aromatic carbocycles. The number of rotatable bonds is 2. The van der Waals surface area contributed by atoms with E-state index >= 15 is 0 Å². The van der Waals surface area contributed by atoms with Crippen molar-refractivity contribution in [3.05, 3.63) is 35.4 Å². The van der Waals surface area contributed by atoms with Crippen molar-refractivity contribution in [1.82, 2.24) is 5.43 Å². The van der Waals surface area contributed by atoms with Crippen LogP contribution in [0.3, 0.4) is 0 Å². The molecule has 4 nitrogen and oxygen atoms in total. The van der Waals surface area contributed by atoms with Crippen molar-refractivity contribution < 1.29 is 9.90 Å². The SMILES string of the molecule is O=C(O)c1ccccc1C1=NN1. The first-order chi connectivity index (χ1) is 5.79. The number of benzene rings is 1. The van der Waals surface area contributed by atoms with E-state index in [0.717, 1.165) is 0 Å². The molecule has 0 aromatic heterocycles. The second-order valence-corrected chi connectivity index (χ2v) is 2.42.